The van der Waals surface area contributed by atoms with Gasteiger partial charge in [-0.3, -0.25) is 0 Å². The van der Waals surface area contributed by atoms with Gasteiger partial charge in [-0.2, -0.15) is 18.2 Å². The smallest absolute Gasteiger partial charge is 0.433 e. The molecule has 0 radical (unpaired) electrons. The van der Waals surface area contributed by atoms with Crippen LogP contribution in [-0.2, 0) is 6.18 Å². The maximum Gasteiger partial charge on any atom is 0.433 e. The van der Waals surface area contributed by atoms with Crippen molar-refractivity contribution in [2.75, 3.05) is 0 Å². The van der Waals surface area contributed by atoms with Crippen molar-refractivity contribution in [3.05, 3.63) is 45.5 Å². The molecule has 0 N–H and O–H groups in total. The molecule has 0 spiro atoms. The number of halogens is 6. The quantitative estimate of drug-likeness (QED) is 0.559. The first-order valence-corrected chi connectivity index (χ1v) is 6.17. The van der Waals surface area contributed by atoms with E-state index in [0.29, 0.717) is 6.07 Å². The van der Waals surface area contributed by atoms with Crippen molar-refractivity contribution in [3.63, 3.8) is 0 Å². The summed E-state index contributed by atoms with van der Waals surface area (Å²) in [6.45, 7) is 0. The Balaban J connectivity index is 2.36. The molecule has 0 fully saturated rings. The van der Waals surface area contributed by atoms with E-state index in [1.807, 2.05) is 0 Å². The summed E-state index contributed by atoms with van der Waals surface area (Å²) in [6, 6.07) is 4.03. The lowest BCUT2D eigenvalue weighted by Crippen LogP contribution is -2.09. The SMILES string of the molecule is Fc1ccc(Oc2cc(C(F)(F)F)nc(Cl)n2)c(Br)c1. The van der Waals surface area contributed by atoms with Crippen LogP contribution in [-0.4, -0.2) is 9.97 Å². The van der Waals surface area contributed by atoms with Gasteiger partial charge in [0.2, 0.25) is 11.2 Å². The van der Waals surface area contributed by atoms with Gasteiger partial charge >= 0.3 is 6.18 Å². The van der Waals surface area contributed by atoms with Gasteiger partial charge < -0.3 is 4.74 Å². The fourth-order valence-electron chi connectivity index (χ4n) is 1.26. The number of aromatic nitrogens is 2. The van der Waals surface area contributed by atoms with E-state index >= 15 is 0 Å². The van der Waals surface area contributed by atoms with Crippen LogP contribution in [0.3, 0.4) is 0 Å². The van der Waals surface area contributed by atoms with Crippen molar-refractivity contribution in [1.29, 1.82) is 0 Å². The first-order chi connectivity index (χ1) is 9.25. The fourth-order valence-corrected chi connectivity index (χ4v) is 1.87. The topological polar surface area (TPSA) is 35.0 Å². The molecule has 106 valence electrons. The molecule has 0 aliphatic carbocycles. The Morgan fingerprint density at radius 3 is 2.45 bits per heavy atom. The molecule has 2 rings (SSSR count). The second kappa shape index (κ2) is 5.53. The van der Waals surface area contributed by atoms with Crippen LogP contribution in [0.4, 0.5) is 17.6 Å². The monoisotopic (exact) mass is 370 g/mol. The fraction of sp³-hybridized carbons (Fsp3) is 0.0909. The van der Waals surface area contributed by atoms with E-state index in [2.05, 4.69) is 25.9 Å². The van der Waals surface area contributed by atoms with Crippen LogP contribution in [0.15, 0.2) is 28.7 Å². The molecule has 0 aliphatic rings. The van der Waals surface area contributed by atoms with Crippen molar-refractivity contribution in [2.24, 2.45) is 0 Å². The third-order valence-corrected chi connectivity index (χ3v) is 2.86. The van der Waals surface area contributed by atoms with E-state index in [0.717, 1.165) is 12.1 Å². The maximum atomic E-state index is 12.9. The second-order valence-corrected chi connectivity index (χ2v) is 4.73. The van der Waals surface area contributed by atoms with Crippen molar-refractivity contribution in [3.8, 4) is 11.6 Å². The maximum absolute atomic E-state index is 12.9. The lowest BCUT2D eigenvalue weighted by molar-refractivity contribution is -0.141. The van der Waals surface area contributed by atoms with Crippen LogP contribution in [0.1, 0.15) is 5.69 Å². The van der Waals surface area contributed by atoms with E-state index in [1.54, 1.807) is 0 Å². The van der Waals surface area contributed by atoms with Gasteiger partial charge in [0.25, 0.3) is 0 Å². The summed E-state index contributed by atoms with van der Waals surface area (Å²) < 4.78 is 55.9. The van der Waals surface area contributed by atoms with Gasteiger partial charge in [0.1, 0.15) is 11.6 Å². The third-order valence-electron chi connectivity index (χ3n) is 2.07. The van der Waals surface area contributed by atoms with Crippen molar-refractivity contribution in [2.45, 2.75) is 6.18 Å². The van der Waals surface area contributed by atoms with E-state index in [9.17, 15) is 17.6 Å². The highest BCUT2D eigenvalue weighted by Crippen LogP contribution is 2.33. The van der Waals surface area contributed by atoms with Gasteiger partial charge in [-0.25, -0.2) is 9.37 Å². The molecule has 1 aromatic carbocycles. The Kier molecular flexibility index (Phi) is 4.14. The van der Waals surface area contributed by atoms with Gasteiger partial charge in [-0.1, -0.05) is 0 Å². The number of alkyl halides is 3. The van der Waals surface area contributed by atoms with Gasteiger partial charge in [-0.15, -0.1) is 0 Å². The summed E-state index contributed by atoms with van der Waals surface area (Å²) in [5.41, 5.74) is -1.23. The molecule has 20 heavy (non-hydrogen) atoms. The zero-order chi connectivity index (χ0) is 14.9. The van der Waals surface area contributed by atoms with Crippen molar-refractivity contribution >= 4 is 27.5 Å². The highest BCUT2D eigenvalue weighted by atomic mass is 79.9. The molecule has 3 nitrogen and oxygen atoms in total. The molecule has 2 aromatic rings. The van der Waals surface area contributed by atoms with Crippen molar-refractivity contribution < 1.29 is 22.3 Å². The highest BCUT2D eigenvalue weighted by Gasteiger charge is 2.34. The zero-order valence-corrected chi connectivity index (χ0v) is 11.7. The largest absolute Gasteiger partial charge is 0.438 e. The summed E-state index contributed by atoms with van der Waals surface area (Å²) in [4.78, 5) is 6.58. The molecule has 9 heteroatoms. The Hall–Kier alpha value is -1.41. The van der Waals surface area contributed by atoms with E-state index < -0.39 is 28.9 Å². The molecule has 0 amide bonds. The molecule has 0 saturated heterocycles. The zero-order valence-electron chi connectivity index (χ0n) is 9.38. The minimum Gasteiger partial charge on any atom is -0.438 e. The Bertz CT molecular complexity index is 651. The second-order valence-electron chi connectivity index (χ2n) is 3.54. The van der Waals surface area contributed by atoms with E-state index in [4.69, 9.17) is 16.3 Å². The highest BCUT2D eigenvalue weighted by molar-refractivity contribution is 9.10. The Morgan fingerprint density at radius 2 is 1.85 bits per heavy atom. The van der Waals surface area contributed by atoms with Gasteiger partial charge in [0.15, 0.2) is 5.69 Å². The Labute approximate surface area is 123 Å². The molecular formula is C11H4BrClF4N2O. The number of hydrogen-bond acceptors (Lipinski definition) is 3. The number of hydrogen-bond donors (Lipinski definition) is 0. The van der Waals surface area contributed by atoms with Gasteiger partial charge in [0, 0.05) is 6.07 Å². The van der Waals surface area contributed by atoms with Crippen LogP contribution >= 0.6 is 27.5 Å². The first kappa shape index (κ1) is 15.0. The van der Waals surface area contributed by atoms with Crippen molar-refractivity contribution in [1.82, 2.24) is 9.97 Å². The third kappa shape index (κ3) is 3.57. The first-order valence-electron chi connectivity index (χ1n) is 5.00. The van der Waals surface area contributed by atoms with Crippen LogP contribution in [0.2, 0.25) is 5.28 Å². The average molecular weight is 372 g/mol. The van der Waals surface area contributed by atoms with Crippen LogP contribution in [0, 0.1) is 5.82 Å². The normalized spacial score (nSPS) is 11.5. The lowest BCUT2D eigenvalue weighted by atomic mass is 10.3. The minimum absolute atomic E-state index is 0.0919. The van der Waals surface area contributed by atoms with Gasteiger partial charge in [-0.05, 0) is 45.7 Å². The molecule has 0 saturated carbocycles. The summed E-state index contributed by atoms with van der Waals surface area (Å²) in [7, 11) is 0. The molecular weight excluding hydrogens is 367 g/mol. The number of ether oxygens (including phenoxy) is 1. The molecule has 1 aromatic heterocycles. The predicted octanol–water partition coefficient (Wildman–Crippen LogP) is 4.84. The summed E-state index contributed by atoms with van der Waals surface area (Å²) >= 11 is 8.43. The lowest BCUT2D eigenvalue weighted by Gasteiger charge is -2.10. The van der Waals surface area contributed by atoms with Crippen LogP contribution in [0.5, 0.6) is 11.6 Å². The molecule has 0 unspecified atom stereocenters. The molecule has 1 heterocycles. The number of benzene rings is 1. The molecule has 0 atom stereocenters. The van der Waals surface area contributed by atoms with Gasteiger partial charge in [0.05, 0.1) is 4.47 Å². The average Bonchev–Trinajstić information content (AvgIpc) is 2.31. The Morgan fingerprint density at radius 1 is 1.15 bits per heavy atom. The summed E-state index contributed by atoms with van der Waals surface area (Å²) in [5.74, 6) is -0.833. The predicted molar refractivity (Wildman–Crippen MR) is 66.2 cm³/mol. The number of nitrogens with zero attached hydrogens (tertiary/aromatic N) is 2. The molecule has 0 bridgehead atoms. The number of rotatable bonds is 2. The summed E-state index contributed by atoms with van der Waals surface area (Å²) in [6.07, 6.45) is -4.68. The minimum atomic E-state index is -4.68. The standard InChI is InChI=1S/C11H4BrClF4N2O/c12-6-3-5(14)1-2-7(6)20-9-4-8(11(15,16)17)18-10(13)19-9/h1-4H. The van der Waals surface area contributed by atoms with Crippen LogP contribution in [0.25, 0.3) is 0 Å². The van der Waals surface area contributed by atoms with Crippen LogP contribution < -0.4 is 4.74 Å². The summed E-state index contributed by atoms with van der Waals surface area (Å²) in [5, 5.41) is -0.604. The van der Waals surface area contributed by atoms with E-state index in [1.165, 1.54) is 6.07 Å². The van der Waals surface area contributed by atoms with E-state index in [-0.39, 0.29) is 10.2 Å². The molecule has 0 aliphatic heterocycles.